The van der Waals surface area contributed by atoms with Gasteiger partial charge in [0.1, 0.15) is 6.61 Å². The van der Waals surface area contributed by atoms with Crippen molar-refractivity contribution in [3.05, 3.63) is 35.9 Å². The maximum Gasteiger partial charge on any atom is 0.248 e. The van der Waals surface area contributed by atoms with Crippen LogP contribution < -0.4 is 0 Å². The average Bonchev–Trinajstić information content (AvgIpc) is 2.68. The number of benzene rings is 1. The number of amides is 2. The van der Waals surface area contributed by atoms with Crippen molar-refractivity contribution in [2.75, 3.05) is 19.7 Å². The first kappa shape index (κ1) is 15.5. The van der Waals surface area contributed by atoms with E-state index in [4.69, 9.17) is 5.11 Å². The Labute approximate surface area is 125 Å². The normalized spacial score (nSPS) is 19.5. The van der Waals surface area contributed by atoms with Crippen LogP contribution in [0.3, 0.4) is 0 Å². The first-order valence-corrected chi connectivity index (χ1v) is 7.37. The van der Waals surface area contributed by atoms with Crippen LogP contribution >= 0.6 is 0 Å². The van der Waals surface area contributed by atoms with E-state index in [2.05, 4.69) is 0 Å². The fourth-order valence-electron chi connectivity index (χ4n) is 2.70. The minimum absolute atomic E-state index is 0.00398. The lowest BCUT2D eigenvalue weighted by Gasteiger charge is -2.31. The number of rotatable bonds is 4. The average molecular weight is 290 g/mol. The van der Waals surface area contributed by atoms with E-state index in [1.54, 1.807) is 4.90 Å². The largest absolute Gasteiger partial charge is 0.387 e. The van der Waals surface area contributed by atoms with Crippen molar-refractivity contribution in [1.82, 2.24) is 9.80 Å². The first-order valence-electron chi connectivity index (χ1n) is 7.37. The Balaban J connectivity index is 2.15. The van der Waals surface area contributed by atoms with E-state index < -0.39 is 6.61 Å². The van der Waals surface area contributed by atoms with Crippen molar-refractivity contribution in [2.24, 2.45) is 0 Å². The smallest absolute Gasteiger partial charge is 0.248 e. The zero-order valence-electron chi connectivity index (χ0n) is 12.4. The highest BCUT2D eigenvalue weighted by molar-refractivity contribution is 5.81. The molecule has 0 saturated carbocycles. The summed E-state index contributed by atoms with van der Waals surface area (Å²) in [6.45, 7) is 2.97. The van der Waals surface area contributed by atoms with Gasteiger partial charge in [0.25, 0.3) is 0 Å². The molecule has 114 valence electrons. The third-order valence-corrected chi connectivity index (χ3v) is 3.94. The molecule has 0 aliphatic carbocycles. The molecule has 1 N–H and O–H groups in total. The lowest BCUT2D eigenvalue weighted by atomic mass is 10.1. The fourth-order valence-corrected chi connectivity index (χ4v) is 2.70. The number of nitrogens with zero attached hydrogens (tertiary/aromatic N) is 2. The van der Waals surface area contributed by atoms with Crippen LogP contribution in [0.4, 0.5) is 0 Å². The summed E-state index contributed by atoms with van der Waals surface area (Å²) in [5.41, 5.74) is 1.09. The lowest BCUT2D eigenvalue weighted by Crippen LogP contribution is -2.44. The monoisotopic (exact) mass is 290 g/mol. The van der Waals surface area contributed by atoms with Gasteiger partial charge in [0.05, 0.1) is 0 Å². The highest BCUT2D eigenvalue weighted by Gasteiger charge is 2.30. The quantitative estimate of drug-likeness (QED) is 0.900. The molecule has 5 heteroatoms. The van der Waals surface area contributed by atoms with Gasteiger partial charge in [-0.2, -0.15) is 0 Å². The lowest BCUT2D eigenvalue weighted by molar-refractivity contribution is -0.135. The van der Waals surface area contributed by atoms with Crippen LogP contribution in [-0.2, 0) is 16.1 Å². The van der Waals surface area contributed by atoms with Crippen LogP contribution in [0, 0.1) is 0 Å². The van der Waals surface area contributed by atoms with E-state index in [1.165, 1.54) is 0 Å². The van der Waals surface area contributed by atoms with Gasteiger partial charge >= 0.3 is 0 Å². The summed E-state index contributed by atoms with van der Waals surface area (Å²) in [4.78, 5) is 27.5. The Bertz CT molecular complexity index is 490. The maximum absolute atomic E-state index is 12.4. The van der Waals surface area contributed by atoms with Crippen molar-refractivity contribution in [1.29, 1.82) is 0 Å². The summed E-state index contributed by atoms with van der Waals surface area (Å²) in [6, 6.07) is 9.87. The second-order valence-electron chi connectivity index (χ2n) is 5.32. The predicted molar refractivity (Wildman–Crippen MR) is 79.4 cm³/mol. The molecule has 1 aromatic carbocycles. The van der Waals surface area contributed by atoms with E-state index in [0.29, 0.717) is 26.1 Å². The van der Waals surface area contributed by atoms with E-state index in [1.807, 2.05) is 42.2 Å². The van der Waals surface area contributed by atoms with Crippen molar-refractivity contribution in [2.45, 2.75) is 32.4 Å². The molecule has 2 rings (SSSR count). The Morgan fingerprint density at radius 1 is 1.33 bits per heavy atom. The molecule has 1 aromatic rings. The summed E-state index contributed by atoms with van der Waals surface area (Å²) in [5.74, 6) is -0.234. The number of aliphatic hydroxyl groups excluding tert-OH is 1. The first-order chi connectivity index (χ1) is 10.2. The SMILES string of the molecule is CC[C@@H]1CN(C(=O)CO)CCC(=O)N1Cc1ccccc1. The molecule has 1 heterocycles. The number of hydrogen-bond acceptors (Lipinski definition) is 3. The summed E-state index contributed by atoms with van der Waals surface area (Å²) in [7, 11) is 0. The van der Waals surface area contributed by atoms with Gasteiger partial charge in [-0.05, 0) is 12.0 Å². The molecule has 0 bridgehead atoms. The van der Waals surface area contributed by atoms with E-state index >= 15 is 0 Å². The molecule has 1 aliphatic rings. The Morgan fingerprint density at radius 2 is 2.05 bits per heavy atom. The molecule has 0 radical (unpaired) electrons. The van der Waals surface area contributed by atoms with Gasteiger partial charge in [0.2, 0.25) is 11.8 Å². The minimum Gasteiger partial charge on any atom is -0.387 e. The fraction of sp³-hybridized carbons (Fsp3) is 0.500. The molecule has 5 nitrogen and oxygen atoms in total. The van der Waals surface area contributed by atoms with Gasteiger partial charge in [-0.1, -0.05) is 37.3 Å². The molecule has 1 atom stereocenters. The Morgan fingerprint density at radius 3 is 2.67 bits per heavy atom. The number of carbonyl (C=O) groups excluding carboxylic acids is 2. The van der Waals surface area contributed by atoms with Crippen molar-refractivity contribution >= 4 is 11.8 Å². The van der Waals surface area contributed by atoms with E-state index in [0.717, 1.165) is 12.0 Å². The number of carbonyl (C=O) groups is 2. The molecule has 0 aromatic heterocycles. The molecule has 1 saturated heterocycles. The highest BCUT2D eigenvalue weighted by Crippen LogP contribution is 2.17. The molecule has 0 spiro atoms. The van der Waals surface area contributed by atoms with E-state index in [-0.39, 0.29) is 17.9 Å². The van der Waals surface area contributed by atoms with Gasteiger partial charge in [-0.25, -0.2) is 0 Å². The number of hydrogen-bond donors (Lipinski definition) is 1. The van der Waals surface area contributed by atoms with Gasteiger partial charge in [-0.3, -0.25) is 9.59 Å². The van der Waals surface area contributed by atoms with Crippen molar-refractivity contribution in [3.63, 3.8) is 0 Å². The summed E-state index contributed by atoms with van der Waals surface area (Å²) < 4.78 is 0. The van der Waals surface area contributed by atoms with E-state index in [9.17, 15) is 9.59 Å². The van der Waals surface area contributed by atoms with Crippen LogP contribution in [0.15, 0.2) is 30.3 Å². The van der Waals surface area contributed by atoms with Crippen LogP contribution in [0.5, 0.6) is 0 Å². The summed E-state index contributed by atoms with van der Waals surface area (Å²) in [5, 5.41) is 9.02. The molecule has 1 aliphatic heterocycles. The minimum atomic E-state index is -0.497. The highest BCUT2D eigenvalue weighted by atomic mass is 16.3. The topological polar surface area (TPSA) is 60.9 Å². The third-order valence-electron chi connectivity index (χ3n) is 3.94. The maximum atomic E-state index is 12.4. The van der Waals surface area contributed by atoms with Crippen molar-refractivity contribution in [3.8, 4) is 0 Å². The molecular formula is C16H22N2O3. The van der Waals surface area contributed by atoms with Gasteiger partial charge in [-0.15, -0.1) is 0 Å². The van der Waals surface area contributed by atoms with Gasteiger partial charge in [0, 0.05) is 32.1 Å². The van der Waals surface area contributed by atoms with Crippen LogP contribution in [0.2, 0.25) is 0 Å². The van der Waals surface area contributed by atoms with Gasteiger partial charge in [0.15, 0.2) is 0 Å². The molecule has 21 heavy (non-hydrogen) atoms. The standard InChI is InChI=1S/C16H22N2O3/c1-2-14-11-17(16(21)12-19)9-8-15(20)18(14)10-13-6-4-3-5-7-13/h3-7,14,19H,2,8-12H2,1H3/t14-/m1/s1. The molecular weight excluding hydrogens is 268 g/mol. The molecule has 1 fully saturated rings. The summed E-state index contributed by atoms with van der Waals surface area (Å²) >= 11 is 0. The van der Waals surface area contributed by atoms with Crippen LogP contribution in [-0.4, -0.2) is 52.5 Å². The third kappa shape index (κ3) is 3.82. The van der Waals surface area contributed by atoms with Crippen molar-refractivity contribution < 1.29 is 14.7 Å². The Hall–Kier alpha value is -1.88. The van der Waals surface area contributed by atoms with Crippen LogP contribution in [0.1, 0.15) is 25.3 Å². The zero-order chi connectivity index (χ0) is 15.2. The zero-order valence-corrected chi connectivity index (χ0v) is 12.4. The predicted octanol–water partition coefficient (Wildman–Crippen LogP) is 1.02. The number of aliphatic hydroxyl groups is 1. The van der Waals surface area contributed by atoms with Gasteiger partial charge < -0.3 is 14.9 Å². The second-order valence-corrected chi connectivity index (χ2v) is 5.32. The molecule has 2 amide bonds. The second kappa shape index (κ2) is 7.22. The molecule has 0 unspecified atom stereocenters. The van der Waals surface area contributed by atoms with Crippen LogP contribution in [0.25, 0.3) is 0 Å². The summed E-state index contributed by atoms with van der Waals surface area (Å²) in [6.07, 6.45) is 1.10. The Kier molecular flexibility index (Phi) is 5.33.